The highest BCUT2D eigenvalue weighted by Crippen LogP contribution is 2.30. The number of carboxylic acids is 2. The second-order valence-corrected chi connectivity index (χ2v) is 6.84. The summed E-state index contributed by atoms with van der Waals surface area (Å²) in [6, 6.07) is 0. The number of carbonyl (C=O) groups is 4. The van der Waals surface area contributed by atoms with Gasteiger partial charge >= 0.3 is 23.9 Å². The van der Waals surface area contributed by atoms with Crippen molar-refractivity contribution < 1.29 is 38.9 Å². The minimum absolute atomic E-state index is 0.208. The predicted molar refractivity (Wildman–Crippen MR) is 90.2 cm³/mol. The number of methoxy groups -OCH3 is 2. The van der Waals surface area contributed by atoms with Crippen molar-refractivity contribution >= 4 is 23.9 Å². The van der Waals surface area contributed by atoms with Crippen LogP contribution in [0, 0.1) is 23.7 Å². The molecule has 0 amide bonds. The molecule has 2 saturated carbocycles. The highest BCUT2D eigenvalue weighted by molar-refractivity contribution is 5.76. The van der Waals surface area contributed by atoms with E-state index in [0.29, 0.717) is 25.7 Å². The Morgan fingerprint density at radius 1 is 0.654 bits per heavy atom. The first-order valence-electron chi connectivity index (χ1n) is 8.91. The number of hydrogen-bond acceptors (Lipinski definition) is 6. The Kier molecular flexibility index (Phi) is 9.09. The van der Waals surface area contributed by atoms with Crippen LogP contribution >= 0.6 is 0 Å². The lowest BCUT2D eigenvalue weighted by Gasteiger charge is -2.24. The summed E-state index contributed by atoms with van der Waals surface area (Å²) in [6.07, 6.45) is 5.36. The molecule has 2 rings (SSSR count). The highest BCUT2D eigenvalue weighted by Gasteiger charge is 2.32. The standard InChI is InChI=1S/2C9H14O4/c2*1-13-9(12)7-4-2-3-6(5-7)8(10)11/h2*6-7H,2-5H2,1H3,(H,10,11)/t6-,7+;6-,7-/m10/s1. The van der Waals surface area contributed by atoms with Gasteiger partial charge in [-0.3, -0.25) is 19.2 Å². The molecule has 26 heavy (non-hydrogen) atoms. The van der Waals surface area contributed by atoms with Gasteiger partial charge in [0.15, 0.2) is 0 Å². The van der Waals surface area contributed by atoms with Gasteiger partial charge in [-0.2, -0.15) is 0 Å². The molecular weight excluding hydrogens is 344 g/mol. The molecule has 2 fully saturated rings. The monoisotopic (exact) mass is 372 g/mol. The topological polar surface area (TPSA) is 127 Å². The summed E-state index contributed by atoms with van der Waals surface area (Å²) in [4.78, 5) is 43.6. The van der Waals surface area contributed by atoms with E-state index in [0.717, 1.165) is 25.7 Å². The first kappa shape index (κ1) is 21.9. The van der Waals surface area contributed by atoms with Crippen LogP contribution in [0.15, 0.2) is 0 Å². The lowest BCUT2D eigenvalue weighted by molar-refractivity contribution is -0.151. The first-order chi connectivity index (χ1) is 12.3. The summed E-state index contributed by atoms with van der Waals surface area (Å²) in [5.74, 6) is -3.28. The Morgan fingerprint density at radius 2 is 0.962 bits per heavy atom. The van der Waals surface area contributed by atoms with Crippen LogP contribution in [-0.4, -0.2) is 48.3 Å². The van der Waals surface area contributed by atoms with Crippen molar-refractivity contribution in [1.82, 2.24) is 0 Å². The summed E-state index contributed by atoms with van der Waals surface area (Å²) >= 11 is 0. The number of aliphatic carboxylic acids is 2. The molecule has 2 aliphatic carbocycles. The number of carboxylic acid groups (broad SMARTS) is 2. The molecule has 0 aromatic rings. The Labute approximate surface area is 152 Å². The Morgan fingerprint density at radius 3 is 1.23 bits per heavy atom. The summed E-state index contributed by atoms with van der Waals surface area (Å²) in [5, 5.41) is 17.5. The van der Waals surface area contributed by atoms with E-state index in [1.54, 1.807) is 0 Å². The van der Waals surface area contributed by atoms with Crippen LogP contribution in [0.4, 0.5) is 0 Å². The van der Waals surface area contributed by atoms with Gasteiger partial charge in [0.25, 0.3) is 0 Å². The molecule has 0 heterocycles. The van der Waals surface area contributed by atoms with Crippen molar-refractivity contribution in [2.75, 3.05) is 14.2 Å². The van der Waals surface area contributed by atoms with Crippen LogP contribution < -0.4 is 0 Å². The lowest BCUT2D eigenvalue weighted by Crippen LogP contribution is -2.27. The molecule has 4 atom stereocenters. The summed E-state index contributed by atoms with van der Waals surface area (Å²) < 4.78 is 9.17. The third kappa shape index (κ3) is 6.65. The fourth-order valence-electron chi connectivity index (χ4n) is 3.59. The van der Waals surface area contributed by atoms with Gasteiger partial charge in [-0.1, -0.05) is 12.8 Å². The quantitative estimate of drug-likeness (QED) is 0.718. The molecule has 2 N–H and O–H groups in total. The zero-order chi connectivity index (χ0) is 19.7. The van der Waals surface area contributed by atoms with Crippen LogP contribution in [0.3, 0.4) is 0 Å². The van der Waals surface area contributed by atoms with E-state index in [1.165, 1.54) is 14.2 Å². The molecular formula is C18H28O8. The van der Waals surface area contributed by atoms with Crippen molar-refractivity contribution in [3.8, 4) is 0 Å². The maximum absolute atomic E-state index is 11.1. The number of carbonyl (C=O) groups excluding carboxylic acids is 2. The minimum Gasteiger partial charge on any atom is -0.481 e. The van der Waals surface area contributed by atoms with Gasteiger partial charge in [0.05, 0.1) is 37.9 Å². The van der Waals surface area contributed by atoms with Gasteiger partial charge in [-0.25, -0.2) is 0 Å². The van der Waals surface area contributed by atoms with E-state index in [1.807, 2.05) is 0 Å². The Balaban J connectivity index is 0.000000260. The van der Waals surface area contributed by atoms with Gasteiger partial charge in [0.2, 0.25) is 0 Å². The molecule has 0 saturated heterocycles. The number of rotatable bonds is 4. The van der Waals surface area contributed by atoms with Crippen LogP contribution in [-0.2, 0) is 28.7 Å². The zero-order valence-electron chi connectivity index (χ0n) is 15.3. The molecule has 0 spiro atoms. The highest BCUT2D eigenvalue weighted by atomic mass is 16.5. The SMILES string of the molecule is COC(=O)[C@H]1CCC[C@@H](C(=O)O)C1.COC(=O)[C@H]1CCC[C@H](C(=O)O)C1. The van der Waals surface area contributed by atoms with Crippen molar-refractivity contribution in [2.24, 2.45) is 23.7 Å². The first-order valence-corrected chi connectivity index (χ1v) is 8.91. The number of hydrogen-bond donors (Lipinski definition) is 2. The van der Waals surface area contributed by atoms with E-state index < -0.39 is 11.9 Å². The van der Waals surface area contributed by atoms with Gasteiger partial charge in [-0.05, 0) is 38.5 Å². The Bertz CT molecular complexity index is 469. The molecule has 2 aliphatic rings. The third-order valence-electron chi connectivity index (χ3n) is 5.12. The predicted octanol–water partition coefficient (Wildman–Crippen LogP) is 2.10. The second-order valence-electron chi connectivity index (χ2n) is 6.84. The van der Waals surface area contributed by atoms with E-state index in [4.69, 9.17) is 10.2 Å². The average molecular weight is 372 g/mol. The Hall–Kier alpha value is -2.12. The molecule has 0 aromatic carbocycles. The maximum atomic E-state index is 11.1. The molecule has 0 bridgehead atoms. The molecule has 0 aliphatic heterocycles. The minimum atomic E-state index is -0.798. The van der Waals surface area contributed by atoms with E-state index in [9.17, 15) is 19.2 Å². The molecule has 148 valence electrons. The number of esters is 2. The summed E-state index contributed by atoms with van der Waals surface area (Å²) in [5.41, 5.74) is 0. The van der Waals surface area contributed by atoms with Crippen molar-refractivity contribution in [2.45, 2.75) is 51.4 Å². The fourth-order valence-corrected chi connectivity index (χ4v) is 3.59. The molecule has 8 nitrogen and oxygen atoms in total. The largest absolute Gasteiger partial charge is 0.481 e. The van der Waals surface area contributed by atoms with E-state index in [-0.39, 0.29) is 35.6 Å². The lowest BCUT2D eigenvalue weighted by atomic mass is 9.81. The zero-order valence-corrected chi connectivity index (χ0v) is 15.3. The van der Waals surface area contributed by atoms with Crippen molar-refractivity contribution in [3.63, 3.8) is 0 Å². The van der Waals surface area contributed by atoms with Gasteiger partial charge in [-0.15, -0.1) is 0 Å². The van der Waals surface area contributed by atoms with Crippen LogP contribution in [0.1, 0.15) is 51.4 Å². The number of ether oxygens (including phenoxy) is 2. The van der Waals surface area contributed by atoms with Gasteiger partial charge in [0, 0.05) is 0 Å². The maximum Gasteiger partial charge on any atom is 0.308 e. The van der Waals surface area contributed by atoms with Gasteiger partial charge in [0.1, 0.15) is 0 Å². The van der Waals surface area contributed by atoms with Crippen molar-refractivity contribution in [3.05, 3.63) is 0 Å². The van der Waals surface area contributed by atoms with Crippen LogP contribution in [0.2, 0.25) is 0 Å². The molecule has 8 heteroatoms. The molecule has 0 radical (unpaired) electrons. The molecule has 0 aromatic heterocycles. The van der Waals surface area contributed by atoms with Crippen molar-refractivity contribution in [1.29, 1.82) is 0 Å². The fraction of sp³-hybridized carbons (Fsp3) is 0.778. The van der Waals surface area contributed by atoms with Crippen LogP contribution in [0.25, 0.3) is 0 Å². The molecule has 0 unspecified atom stereocenters. The van der Waals surface area contributed by atoms with E-state index >= 15 is 0 Å². The summed E-state index contributed by atoms with van der Waals surface area (Å²) in [7, 11) is 2.68. The van der Waals surface area contributed by atoms with E-state index in [2.05, 4.69) is 9.47 Å². The second kappa shape index (κ2) is 10.8. The van der Waals surface area contributed by atoms with Crippen LogP contribution in [0.5, 0.6) is 0 Å². The summed E-state index contributed by atoms with van der Waals surface area (Å²) in [6.45, 7) is 0. The normalized spacial score (nSPS) is 28.1. The van der Waals surface area contributed by atoms with Gasteiger partial charge < -0.3 is 19.7 Å². The smallest absolute Gasteiger partial charge is 0.308 e. The average Bonchev–Trinajstić information content (AvgIpc) is 2.67. The third-order valence-corrected chi connectivity index (χ3v) is 5.12.